The zero-order chi connectivity index (χ0) is 14.7. The maximum absolute atomic E-state index is 12.1. The van der Waals surface area contributed by atoms with Crippen LogP contribution >= 0.6 is 23.6 Å². The van der Waals surface area contributed by atoms with E-state index >= 15 is 0 Å². The van der Waals surface area contributed by atoms with Gasteiger partial charge in [-0.25, -0.2) is 0 Å². The lowest BCUT2D eigenvalue weighted by Crippen LogP contribution is -2.26. The zero-order valence-corrected chi connectivity index (χ0v) is 13.0. The summed E-state index contributed by atoms with van der Waals surface area (Å²) in [5.74, 6) is -0.0990. The SMILES string of the molecule is Cc1ccc(C(C)NC(=O)c2ccc(C(N)=S)cc2)s1. The van der Waals surface area contributed by atoms with E-state index in [0.717, 1.165) is 10.4 Å². The van der Waals surface area contributed by atoms with Gasteiger partial charge in [0.05, 0.1) is 6.04 Å². The molecule has 1 heterocycles. The van der Waals surface area contributed by atoms with E-state index in [-0.39, 0.29) is 11.9 Å². The van der Waals surface area contributed by atoms with Crippen molar-refractivity contribution >= 4 is 34.5 Å². The lowest BCUT2D eigenvalue weighted by Gasteiger charge is -2.12. The lowest BCUT2D eigenvalue weighted by atomic mass is 10.1. The number of aryl methyl sites for hydroxylation is 1. The van der Waals surface area contributed by atoms with Gasteiger partial charge in [0.15, 0.2) is 0 Å². The molecule has 0 aliphatic carbocycles. The molecule has 3 nitrogen and oxygen atoms in total. The Labute approximate surface area is 127 Å². The Balaban J connectivity index is 2.06. The zero-order valence-electron chi connectivity index (χ0n) is 11.3. The summed E-state index contributed by atoms with van der Waals surface area (Å²) in [6, 6.07) is 11.1. The summed E-state index contributed by atoms with van der Waals surface area (Å²) in [6.07, 6.45) is 0. The van der Waals surface area contributed by atoms with Crippen molar-refractivity contribution < 1.29 is 4.79 Å². The number of rotatable bonds is 4. The standard InChI is InChI=1S/C15H16N2OS2/c1-9-3-8-13(20-9)10(2)17-15(18)12-6-4-11(5-7-12)14(16)19/h3-8,10H,1-2H3,(H2,16,19)(H,17,18). The molecule has 3 N–H and O–H groups in total. The Morgan fingerprint density at radius 2 is 1.80 bits per heavy atom. The Morgan fingerprint density at radius 3 is 2.30 bits per heavy atom. The molecule has 2 aromatic rings. The highest BCUT2D eigenvalue weighted by Gasteiger charge is 2.12. The van der Waals surface area contributed by atoms with Crippen molar-refractivity contribution in [3.05, 3.63) is 57.3 Å². The molecule has 5 heteroatoms. The summed E-state index contributed by atoms with van der Waals surface area (Å²) in [5.41, 5.74) is 6.90. The van der Waals surface area contributed by atoms with E-state index in [1.165, 1.54) is 4.88 Å². The van der Waals surface area contributed by atoms with Gasteiger partial charge >= 0.3 is 0 Å². The largest absolute Gasteiger partial charge is 0.389 e. The van der Waals surface area contributed by atoms with Crippen molar-refractivity contribution in [1.29, 1.82) is 0 Å². The van der Waals surface area contributed by atoms with Crippen molar-refractivity contribution in [2.45, 2.75) is 19.9 Å². The van der Waals surface area contributed by atoms with E-state index in [1.807, 2.05) is 13.0 Å². The maximum atomic E-state index is 12.1. The number of nitrogens with one attached hydrogen (secondary N) is 1. The lowest BCUT2D eigenvalue weighted by molar-refractivity contribution is 0.0940. The third-order valence-corrected chi connectivity index (χ3v) is 4.39. The van der Waals surface area contributed by atoms with Gasteiger partial charge in [0.25, 0.3) is 5.91 Å². The quantitative estimate of drug-likeness (QED) is 0.853. The molecule has 0 aliphatic rings. The Bertz CT molecular complexity index is 632. The molecule has 0 bridgehead atoms. The molecule has 1 aromatic carbocycles. The molecule has 2 rings (SSSR count). The predicted molar refractivity (Wildman–Crippen MR) is 87.3 cm³/mol. The summed E-state index contributed by atoms with van der Waals surface area (Å²) in [5, 5.41) is 2.98. The second kappa shape index (κ2) is 6.15. The molecule has 0 fully saturated rings. The van der Waals surface area contributed by atoms with Crippen LogP contribution in [0.5, 0.6) is 0 Å². The fourth-order valence-corrected chi connectivity index (χ4v) is 2.84. The van der Waals surface area contributed by atoms with Crippen molar-refractivity contribution in [3.8, 4) is 0 Å². The molecule has 104 valence electrons. The van der Waals surface area contributed by atoms with Gasteiger partial charge in [0, 0.05) is 20.9 Å². The van der Waals surface area contributed by atoms with Crippen LogP contribution in [0.2, 0.25) is 0 Å². The molecule has 0 aliphatic heterocycles. The minimum Gasteiger partial charge on any atom is -0.389 e. The van der Waals surface area contributed by atoms with E-state index in [0.29, 0.717) is 10.6 Å². The molecule has 1 atom stereocenters. The molecule has 0 saturated heterocycles. The van der Waals surface area contributed by atoms with Crippen LogP contribution in [-0.2, 0) is 0 Å². The van der Waals surface area contributed by atoms with Gasteiger partial charge < -0.3 is 11.1 Å². The smallest absolute Gasteiger partial charge is 0.251 e. The third kappa shape index (κ3) is 3.43. The van der Waals surface area contributed by atoms with Gasteiger partial charge in [-0.3, -0.25) is 4.79 Å². The highest BCUT2D eigenvalue weighted by atomic mass is 32.1. The van der Waals surface area contributed by atoms with Gasteiger partial charge in [0.2, 0.25) is 0 Å². The average molecular weight is 304 g/mol. The first-order valence-corrected chi connectivity index (χ1v) is 7.47. The van der Waals surface area contributed by atoms with E-state index in [4.69, 9.17) is 18.0 Å². The minimum absolute atomic E-state index is 0.00328. The number of hydrogen-bond donors (Lipinski definition) is 2. The first-order chi connectivity index (χ1) is 9.47. The molecule has 0 spiro atoms. The van der Waals surface area contributed by atoms with Crippen LogP contribution in [0.15, 0.2) is 36.4 Å². The van der Waals surface area contributed by atoms with Crippen LogP contribution in [-0.4, -0.2) is 10.9 Å². The fraction of sp³-hybridized carbons (Fsp3) is 0.200. The molecule has 20 heavy (non-hydrogen) atoms. The van der Waals surface area contributed by atoms with Crippen LogP contribution in [0, 0.1) is 6.92 Å². The van der Waals surface area contributed by atoms with E-state index in [1.54, 1.807) is 35.6 Å². The molecule has 1 aromatic heterocycles. The second-order valence-corrected chi connectivity index (χ2v) is 6.34. The summed E-state index contributed by atoms with van der Waals surface area (Å²) in [4.78, 5) is 14.9. The summed E-state index contributed by atoms with van der Waals surface area (Å²) in [6.45, 7) is 4.03. The van der Waals surface area contributed by atoms with E-state index in [2.05, 4.69) is 18.3 Å². The number of hydrogen-bond acceptors (Lipinski definition) is 3. The first-order valence-electron chi connectivity index (χ1n) is 6.24. The number of thiophene rings is 1. The molecular weight excluding hydrogens is 288 g/mol. The fourth-order valence-electron chi connectivity index (χ4n) is 1.82. The first kappa shape index (κ1) is 14.7. The highest BCUT2D eigenvalue weighted by Crippen LogP contribution is 2.22. The topological polar surface area (TPSA) is 55.1 Å². The molecule has 1 unspecified atom stereocenters. The number of carbonyl (C=O) groups is 1. The monoisotopic (exact) mass is 304 g/mol. The molecule has 1 amide bonds. The van der Waals surface area contributed by atoms with Crippen LogP contribution in [0.4, 0.5) is 0 Å². The highest BCUT2D eigenvalue weighted by molar-refractivity contribution is 7.80. The summed E-state index contributed by atoms with van der Waals surface area (Å²) in [7, 11) is 0. The van der Waals surface area contributed by atoms with Crippen molar-refractivity contribution in [3.63, 3.8) is 0 Å². The van der Waals surface area contributed by atoms with Crippen LogP contribution < -0.4 is 11.1 Å². The number of nitrogens with two attached hydrogens (primary N) is 1. The van der Waals surface area contributed by atoms with Gasteiger partial charge in [-0.2, -0.15) is 0 Å². The Kier molecular flexibility index (Phi) is 4.52. The Morgan fingerprint density at radius 1 is 1.20 bits per heavy atom. The van der Waals surface area contributed by atoms with Gasteiger partial charge in [-0.15, -0.1) is 11.3 Å². The minimum atomic E-state index is -0.0990. The van der Waals surface area contributed by atoms with Gasteiger partial charge in [-0.05, 0) is 38.1 Å². The van der Waals surface area contributed by atoms with Crippen LogP contribution in [0.3, 0.4) is 0 Å². The Hall–Kier alpha value is -1.72. The molecule has 0 saturated carbocycles. The van der Waals surface area contributed by atoms with Crippen LogP contribution in [0.1, 0.15) is 38.6 Å². The van der Waals surface area contributed by atoms with Gasteiger partial charge in [0.1, 0.15) is 4.99 Å². The number of carbonyl (C=O) groups excluding carboxylic acids is 1. The van der Waals surface area contributed by atoms with Crippen LogP contribution in [0.25, 0.3) is 0 Å². The second-order valence-electron chi connectivity index (χ2n) is 4.59. The summed E-state index contributed by atoms with van der Waals surface area (Å²) < 4.78 is 0. The maximum Gasteiger partial charge on any atom is 0.251 e. The van der Waals surface area contributed by atoms with Crippen molar-refractivity contribution in [2.24, 2.45) is 5.73 Å². The number of amides is 1. The predicted octanol–water partition coefficient (Wildman–Crippen LogP) is 3.18. The molecule has 0 radical (unpaired) electrons. The average Bonchev–Trinajstić information content (AvgIpc) is 2.85. The van der Waals surface area contributed by atoms with Gasteiger partial charge in [-0.1, -0.05) is 24.4 Å². The molecular formula is C15H16N2OS2. The van der Waals surface area contributed by atoms with E-state index in [9.17, 15) is 4.79 Å². The van der Waals surface area contributed by atoms with E-state index < -0.39 is 0 Å². The normalized spacial score (nSPS) is 11.9. The van der Waals surface area contributed by atoms with Crippen molar-refractivity contribution in [2.75, 3.05) is 0 Å². The number of thiocarbonyl (C=S) groups is 1. The van der Waals surface area contributed by atoms with Crippen molar-refractivity contribution in [1.82, 2.24) is 5.32 Å². The third-order valence-electron chi connectivity index (χ3n) is 2.97. The number of benzene rings is 1. The summed E-state index contributed by atoms with van der Waals surface area (Å²) >= 11 is 6.58.